The number of carbonyl (C=O) groups is 1. The molecule has 1 saturated heterocycles. The molecule has 0 spiro atoms. The molecule has 2 aromatic rings. The summed E-state index contributed by atoms with van der Waals surface area (Å²) in [4.78, 5) is 14.2. The van der Waals surface area contributed by atoms with Crippen molar-refractivity contribution in [2.24, 2.45) is 7.05 Å². The number of aromatic nitrogens is 2. The highest BCUT2D eigenvalue weighted by Crippen LogP contribution is 2.20. The Morgan fingerprint density at radius 1 is 1.26 bits per heavy atom. The van der Waals surface area contributed by atoms with Gasteiger partial charge >= 0.3 is 6.03 Å². The third-order valence-electron chi connectivity index (χ3n) is 3.69. The number of benzene rings is 1. The Labute approximate surface area is 135 Å². The number of hydrogen-bond donors (Lipinski definition) is 2. The van der Waals surface area contributed by atoms with Crippen LogP contribution in [0.1, 0.15) is 6.92 Å². The van der Waals surface area contributed by atoms with E-state index in [1.54, 1.807) is 24.0 Å². The lowest BCUT2D eigenvalue weighted by Crippen LogP contribution is -2.41. The number of hydrogen-bond acceptors (Lipinski definition) is 4. The normalized spacial score (nSPS) is 17.8. The first-order valence-electron chi connectivity index (χ1n) is 7.64. The molecule has 2 heterocycles. The molecule has 122 valence electrons. The Morgan fingerprint density at radius 3 is 2.70 bits per heavy atom. The highest BCUT2D eigenvalue weighted by atomic mass is 16.5. The van der Waals surface area contributed by atoms with Gasteiger partial charge in [0.05, 0.1) is 12.7 Å². The molecule has 1 fully saturated rings. The first-order chi connectivity index (χ1) is 11.1. The number of anilines is 3. The first kappa shape index (κ1) is 15.4. The Hall–Kier alpha value is -2.54. The molecule has 23 heavy (non-hydrogen) atoms. The Kier molecular flexibility index (Phi) is 4.47. The molecule has 1 aromatic carbocycles. The fourth-order valence-electron chi connectivity index (χ4n) is 2.57. The summed E-state index contributed by atoms with van der Waals surface area (Å²) in [6.45, 7) is 4.59. The van der Waals surface area contributed by atoms with E-state index in [0.717, 1.165) is 31.1 Å². The van der Waals surface area contributed by atoms with E-state index in [9.17, 15) is 4.79 Å². The van der Waals surface area contributed by atoms with Crippen molar-refractivity contribution in [3.8, 4) is 0 Å². The Balaban J connectivity index is 1.57. The van der Waals surface area contributed by atoms with Crippen LogP contribution in [-0.4, -0.2) is 41.6 Å². The minimum absolute atomic E-state index is 0.241. The summed E-state index contributed by atoms with van der Waals surface area (Å²) in [6, 6.07) is 9.24. The molecule has 0 aliphatic carbocycles. The predicted molar refractivity (Wildman–Crippen MR) is 89.9 cm³/mol. The molecule has 1 atom stereocenters. The maximum Gasteiger partial charge on any atom is 0.324 e. The molecule has 0 saturated carbocycles. The molecule has 7 heteroatoms. The number of carbonyl (C=O) groups excluding carboxylic acids is 1. The molecule has 1 aliphatic rings. The molecule has 1 aliphatic heterocycles. The van der Waals surface area contributed by atoms with Gasteiger partial charge in [-0.15, -0.1) is 0 Å². The van der Waals surface area contributed by atoms with Crippen molar-refractivity contribution in [2.75, 3.05) is 35.2 Å². The van der Waals surface area contributed by atoms with Crippen molar-refractivity contribution in [3.63, 3.8) is 0 Å². The van der Waals surface area contributed by atoms with E-state index in [-0.39, 0.29) is 12.1 Å². The lowest BCUT2D eigenvalue weighted by molar-refractivity contribution is 0.0532. The second-order valence-electron chi connectivity index (χ2n) is 5.63. The fourth-order valence-corrected chi connectivity index (χ4v) is 2.57. The summed E-state index contributed by atoms with van der Waals surface area (Å²) in [5.74, 6) is 0.518. The van der Waals surface area contributed by atoms with E-state index in [0.29, 0.717) is 5.82 Å². The number of nitrogens with zero attached hydrogens (tertiary/aromatic N) is 3. The van der Waals surface area contributed by atoms with Gasteiger partial charge in [0.15, 0.2) is 5.82 Å². The van der Waals surface area contributed by atoms with Gasteiger partial charge in [-0.25, -0.2) is 4.79 Å². The largest absolute Gasteiger partial charge is 0.375 e. The second kappa shape index (κ2) is 6.70. The van der Waals surface area contributed by atoms with Gasteiger partial charge in [-0.2, -0.15) is 5.10 Å². The smallest absolute Gasteiger partial charge is 0.324 e. The van der Waals surface area contributed by atoms with Gasteiger partial charge < -0.3 is 15.0 Å². The summed E-state index contributed by atoms with van der Waals surface area (Å²) < 4.78 is 7.18. The van der Waals surface area contributed by atoms with Crippen LogP contribution in [0.3, 0.4) is 0 Å². The number of morpholine rings is 1. The van der Waals surface area contributed by atoms with Crippen LogP contribution in [0.5, 0.6) is 0 Å². The van der Waals surface area contributed by atoms with E-state index in [1.165, 1.54) is 0 Å². The summed E-state index contributed by atoms with van der Waals surface area (Å²) in [7, 11) is 1.80. The van der Waals surface area contributed by atoms with E-state index < -0.39 is 0 Å². The Bertz CT molecular complexity index is 667. The third kappa shape index (κ3) is 4.01. The van der Waals surface area contributed by atoms with Gasteiger partial charge in [0.25, 0.3) is 0 Å². The van der Waals surface area contributed by atoms with Crippen LogP contribution in [0.25, 0.3) is 0 Å². The van der Waals surface area contributed by atoms with Crippen LogP contribution in [0.15, 0.2) is 36.5 Å². The highest BCUT2D eigenvalue weighted by Gasteiger charge is 2.16. The maximum absolute atomic E-state index is 11.9. The number of rotatable bonds is 3. The number of ether oxygens (including phenoxy) is 1. The minimum Gasteiger partial charge on any atom is -0.375 e. The van der Waals surface area contributed by atoms with Gasteiger partial charge in [0.2, 0.25) is 0 Å². The van der Waals surface area contributed by atoms with Crippen LogP contribution in [-0.2, 0) is 11.8 Å². The maximum atomic E-state index is 11.9. The zero-order valence-corrected chi connectivity index (χ0v) is 13.3. The van der Waals surface area contributed by atoms with E-state index in [4.69, 9.17) is 4.74 Å². The van der Waals surface area contributed by atoms with Gasteiger partial charge in [0, 0.05) is 43.8 Å². The van der Waals surface area contributed by atoms with Crippen molar-refractivity contribution in [3.05, 3.63) is 36.5 Å². The van der Waals surface area contributed by atoms with E-state index in [1.807, 2.05) is 24.3 Å². The Morgan fingerprint density at radius 2 is 2.04 bits per heavy atom. The molecular weight excluding hydrogens is 294 g/mol. The quantitative estimate of drug-likeness (QED) is 0.911. The van der Waals surface area contributed by atoms with Crippen molar-refractivity contribution >= 4 is 23.2 Å². The van der Waals surface area contributed by atoms with Crippen LogP contribution >= 0.6 is 0 Å². The lowest BCUT2D eigenvalue weighted by atomic mass is 10.2. The van der Waals surface area contributed by atoms with E-state index in [2.05, 4.69) is 27.6 Å². The van der Waals surface area contributed by atoms with Crippen molar-refractivity contribution < 1.29 is 9.53 Å². The summed E-state index contributed by atoms with van der Waals surface area (Å²) in [6.07, 6.45) is 2.01. The molecule has 0 radical (unpaired) electrons. The topological polar surface area (TPSA) is 71.4 Å². The first-order valence-corrected chi connectivity index (χ1v) is 7.64. The highest BCUT2D eigenvalue weighted by molar-refractivity contribution is 5.99. The molecular formula is C16H21N5O2. The van der Waals surface area contributed by atoms with E-state index >= 15 is 0 Å². The molecule has 0 bridgehead atoms. The molecule has 2 amide bonds. The fraction of sp³-hybridized carbons (Fsp3) is 0.375. The molecule has 3 rings (SSSR count). The van der Waals surface area contributed by atoms with Crippen molar-refractivity contribution in [1.82, 2.24) is 9.78 Å². The van der Waals surface area contributed by atoms with Crippen molar-refractivity contribution in [2.45, 2.75) is 13.0 Å². The van der Waals surface area contributed by atoms with Gasteiger partial charge in [0.1, 0.15) is 0 Å². The summed E-state index contributed by atoms with van der Waals surface area (Å²) in [5, 5.41) is 9.58. The number of amides is 2. The van der Waals surface area contributed by atoms with Crippen LogP contribution in [0.2, 0.25) is 0 Å². The molecule has 2 N–H and O–H groups in total. The van der Waals surface area contributed by atoms with Gasteiger partial charge in [-0.1, -0.05) is 0 Å². The lowest BCUT2D eigenvalue weighted by Gasteiger charge is -2.33. The van der Waals surface area contributed by atoms with Crippen LogP contribution in [0.4, 0.5) is 22.0 Å². The standard InChI is InChI=1S/C16H21N5O2/c1-12-11-21(9-10-23-12)14-5-3-13(4-6-14)17-16(22)18-15-7-8-20(2)19-15/h3-8,12H,9-11H2,1-2H3,(H2,17,18,19,22). The zero-order valence-electron chi connectivity index (χ0n) is 13.3. The second-order valence-corrected chi connectivity index (χ2v) is 5.63. The number of aryl methyl sites for hydroxylation is 1. The average molecular weight is 315 g/mol. The molecule has 1 aromatic heterocycles. The molecule has 1 unspecified atom stereocenters. The average Bonchev–Trinajstić information content (AvgIpc) is 2.93. The summed E-state index contributed by atoms with van der Waals surface area (Å²) >= 11 is 0. The minimum atomic E-state index is -0.309. The predicted octanol–water partition coefficient (Wildman–Crippen LogP) is 2.29. The van der Waals surface area contributed by atoms with Gasteiger partial charge in [-0.3, -0.25) is 10.00 Å². The third-order valence-corrected chi connectivity index (χ3v) is 3.69. The SMILES string of the molecule is CC1CN(c2ccc(NC(=O)Nc3ccn(C)n3)cc2)CCO1. The monoisotopic (exact) mass is 315 g/mol. The zero-order chi connectivity index (χ0) is 16.2. The number of nitrogens with one attached hydrogen (secondary N) is 2. The van der Waals surface area contributed by atoms with Crippen LogP contribution < -0.4 is 15.5 Å². The summed E-state index contributed by atoms with van der Waals surface area (Å²) in [5.41, 5.74) is 1.87. The molecule has 7 nitrogen and oxygen atoms in total. The van der Waals surface area contributed by atoms with Crippen LogP contribution in [0, 0.1) is 0 Å². The van der Waals surface area contributed by atoms with Gasteiger partial charge in [-0.05, 0) is 31.2 Å². The van der Waals surface area contributed by atoms with Crippen molar-refractivity contribution in [1.29, 1.82) is 0 Å². The number of urea groups is 1.